The van der Waals surface area contributed by atoms with Crippen LogP contribution in [-0.4, -0.2) is 51.9 Å². The molecule has 3 aromatic carbocycles. The maximum absolute atomic E-state index is 12.6. The molecule has 11 heteroatoms. The number of carbonyl (C=O) groups is 3. The lowest BCUT2D eigenvalue weighted by molar-refractivity contribution is -0.121. The van der Waals surface area contributed by atoms with Gasteiger partial charge in [0.25, 0.3) is 5.91 Å². The third kappa shape index (κ3) is 8.21. The van der Waals surface area contributed by atoms with Gasteiger partial charge in [0.2, 0.25) is 5.91 Å². The van der Waals surface area contributed by atoms with E-state index >= 15 is 0 Å². The molecular weight excluding hydrogens is 526 g/mol. The van der Waals surface area contributed by atoms with Crippen LogP contribution in [0.5, 0.6) is 23.0 Å². The SMILES string of the molecule is COc1ccc(C(=O)Oc2ccc(C=NNC(=O)CCCNC(=O)c3ccccc3Cl)cc2OC)cc1OC. The van der Waals surface area contributed by atoms with Gasteiger partial charge in [-0.2, -0.15) is 5.10 Å². The Morgan fingerprint density at radius 2 is 1.56 bits per heavy atom. The van der Waals surface area contributed by atoms with Crippen molar-refractivity contribution in [3.63, 3.8) is 0 Å². The molecule has 2 amide bonds. The van der Waals surface area contributed by atoms with Gasteiger partial charge in [-0.05, 0) is 60.5 Å². The summed E-state index contributed by atoms with van der Waals surface area (Å²) in [7, 11) is 4.42. The zero-order valence-electron chi connectivity index (χ0n) is 21.7. The summed E-state index contributed by atoms with van der Waals surface area (Å²) >= 11 is 6.01. The highest BCUT2D eigenvalue weighted by atomic mass is 35.5. The summed E-state index contributed by atoms with van der Waals surface area (Å²) in [5.41, 5.74) is 3.69. The van der Waals surface area contributed by atoms with E-state index in [1.165, 1.54) is 33.6 Å². The number of ether oxygens (including phenoxy) is 4. The fourth-order valence-electron chi connectivity index (χ4n) is 3.40. The topological polar surface area (TPSA) is 125 Å². The number of amides is 2. The van der Waals surface area contributed by atoms with Crippen molar-refractivity contribution in [2.75, 3.05) is 27.9 Å². The summed E-state index contributed by atoms with van der Waals surface area (Å²) in [5.74, 6) is 0.171. The fraction of sp³-hybridized carbons (Fsp3) is 0.214. The van der Waals surface area contributed by atoms with Gasteiger partial charge in [0.05, 0.1) is 43.7 Å². The zero-order chi connectivity index (χ0) is 28.2. The largest absolute Gasteiger partial charge is 0.493 e. The summed E-state index contributed by atoms with van der Waals surface area (Å²) in [6, 6.07) is 16.2. The molecule has 0 saturated carbocycles. The number of hydrazone groups is 1. The Labute approximate surface area is 230 Å². The van der Waals surface area contributed by atoms with Crippen LogP contribution in [0.25, 0.3) is 0 Å². The summed E-state index contributed by atoms with van der Waals surface area (Å²) in [6.07, 6.45) is 2.01. The molecule has 0 aliphatic rings. The minimum absolute atomic E-state index is 0.161. The number of methoxy groups -OCH3 is 3. The Kier molecular flexibility index (Phi) is 10.7. The van der Waals surface area contributed by atoms with Gasteiger partial charge in [-0.25, -0.2) is 10.2 Å². The predicted octanol–water partition coefficient (Wildman–Crippen LogP) is 4.25. The van der Waals surface area contributed by atoms with Crippen molar-refractivity contribution in [3.8, 4) is 23.0 Å². The number of hydrogen-bond acceptors (Lipinski definition) is 8. The number of halogens is 1. The number of nitrogens with zero attached hydrogens (tertiary/aromatic N) is 1. The molecule has 0 aromatic heterocycles. The lowest BCUT2D eigenvalue weighted by atomic mass is 10.2. The van der Waals surface area contributed by atoms with E-state index in [1.807, 2.05) is 0 Å². The van der Waals surface area contributed by atoms with E-state index in [2.05, 4.69) is 15.8 Å². The predicted molar refractivity (Wildman–Crippen MR) is 146 cm³/mol. The smallest absolute Gasteiger partial charge is 0.343 e. The third-order valence-electron chi connectivity index (χ3n) is 5.40. The van der Waals surface area contributed by atoms with Crippen molar-refractivity contribution in [2.24, 2.45) is 5.10 Å². The maximum Gasteiger partial charge on any atom is 0.343 e. The number of esters is 1. The molecule has 0 spiro atoms. The molecular formula is C28H28ClN3O7. The van der Waals surface area contributed by atoms with Crippen molar-refractivity contribution < 1.29 is 33.3 Å². The highest BCUT2D eigenvalue weighted by Gasteiger charge is 2.16. The van der Waals surface area contributed by atoms with Crippen molar-refractivity contribution in [1.82, 2.24) is 10.7 Å². The van der Waals surface area contributed by atoms with Crippen molar-refractivity contribution in [3.05, 3.63) is 82.4 Å². The van der Waals surface area contributed by atoms with Crippen LogP contribution in [0.4, 0.5) is 0 Å². The minimum atomic E-state index is -0.606. The van der Waals surface area contributed by atoms with E-state index in [1.54, 1.807) is 54.6 Å². The number of rotatable bonds is 12. The first-order chi connectivity index (χ1) is 18.9. The second-order valence-corrected chi connectivity index (χ2v) is 8.41. The van der Waals surface area contributed by atoms with Gasteiger partial charge in [0.1, 0.15) is 0 Å². The van der Waals surface area contributed by atoms with Gasteiger partial charge < -0.3 is 24.3 Å². The number of carbonyl (C=O) groups excluding carboxylic acids is 3. The van der Waals surface area contributed by atoms with Crippen LogP contribution in [0.15, 0.2) is 65.8 Å². The summed E-state index contributed by atoms with van der Waals surface area (Å²) in [4.78, 5) is 36.8. The van der Waals surface area contributed by atoms with Gasteiger partial charge in [0.15, 0.2) is 23.0 Å². The number of nitrogens with one attached hydrogen (secondary N) is 2. The molecule has 2 N–H and O–H groups in total. The van der Waals surface area contributed by atoms with Crippen molar-refractivity contribution >= 4 is 35.6 Å². The second-order valence-electron chi connectivity index (χ2n) is 8.00. The van der Waals surface area contributed by atoms with Crippen LogP contribution >= 0.6 is 11.6 Å². The molecule has 0 bridgehead atoms. The first-order valence-corrected chi connectivity index (χ1v) is 12.2. The Morgan fingerprint density at radius 1 is 0.872 bits per heavy atom. The molecule has 3 aromatic rings. The van der Waals surface area contributed by atoms with Gasteiger partial charge in [-0.1, -0.05) is 23.7 Å². The van der Waals surface area contributed by atoms with Gasteiger partial charge in [0, 0.05) is 13.0 Å². The number of benzene rings is 3. The molecule has 204 valence electrons. The second kappa shape index (κ2) is 14.4. The van der Waals surface area contributed by atoms with E-state index in [0.717, 1.165) is 0 Å². The summed E-state index contributed by atoms with van der Waals surface area (Å²) in [5, 5.41) is 7.04. The Morgan fingerprint density at radius 3 is 2.28 bits per heavy atom. The maximum atomic E-state index is 12.6. The monoisotopic (exact) mass is 553 g/mol. The standard InChI is InChI=1S/C28H28ClN3O7/c1-36-22-13-11-19(16-25(22)38-3)28(35)39-23-12-10-18(15-24(23)37-2)17-31-32-26(33)9-6-14-30-27(34)20-7-4-5-8-21(20)29/h4-5,7-8,10-13,15-17H,6,9,14H2,1-3H3,(H,30,34)(H,32,33). The quantitative estimate of drug-likeness (QED) is 0.113. The van der Waals surface area contributed by atoms with Gasteiger partial charge >= 0.3 is 5.97 Å². The lowest BCUT2D eigenvalue weighted by Crippen LogP contribution is -2.26. The van der Waals surface area contributed by atoms with Crippen LogP contribution in [0, 0.1) is 0 Å². The van der Waals surface area contributed by atoms with E-state index in [-0.39, 0.29) is 29.5 Å². The van der Waals surface area contributed by atoms with E-state index in [9.17, 15) is 14.4 Å². The molecule has 3 rings (SSSR count). The van der Waals surface area contributed by atoms with E-state index in [4.69, 9.17) is 30.5 Å². The zero-order valence-corrected chi connectivity index (χ0v) is 22.4. The van der Waals surface area contributed by atoms with E-state index in [0.29, 0.717) is 46.4 Å². The number of hydrogen-bond donors (Lipinski definition) is 2. The van der Waals surface area contributed by atoms with Gasteiger partial charge in [-0.15, -0.1) is 0 Å². The highest BCUT2D eigenvalue weighted by Crippen LogP contribution is 2.31. The van der Waals surface area contributed by atoms with Crippen LogP contribution in [0.1, 0.15) is 39.1 Å². The molecule has 0 fully saturated rings. The minimum Gasteiger partial charge on any atom is -0.493 e. The molecule has 10 nitrogen and oxygen atoms in total. The van der Waals surface area contributed by atoms with Crippen molar-refractivity contribution in [1.29, 1.82) is 0 Å². The molecule has 0 radical (unpaired) electrons. The molecule has 39 heavy (non-hydrogen) atoms. The molecule has 0 aliphatic heterocycles. The molecule has 0 unspecified atom stereocenters. The normalized spacial score (nSPS) is 10.6. The lowest BCUT2D eigenvalue weighted by Gasteiger charge is -2.11. The molecule has 0 aliphatic carbocycles. The van der Waals surface area contributed by atoms with Crippen molar-refractivity contribution in [2.45, 2.75) is 12.8 Å². The van der Waals surface area contributed by atoms with Crippen LogP contribution in [0.3, 0.4) is 0 Å². The Balaban J connectivity index is 1.49. The van der Waals surface area contributed by atoms with Crippen LogP contribution < -0.4 is 29.7 Å². The average molecular weight is 554 g/mol. The van der Waals surface area contributed by atoms with Crippen LogP contribution in [0.2, 0.25) is 5.02 Å². The first-order valence-electron chi connectivity index (χ1n) is 11.8. The summed E-state index contributed by atoms with van der Waals surface area (Å²) < 4.78 is 21.2. The average Bonchev–Trinajstić information content (AvgIpc) is 2.95. The third-order valence-corrected chi connectivity index (χ3v) is 5.73. The Bertz CT molecular complexity index is 1360. The van der Waals surface area contributed by atoms with Gasteiger partial charge in [-0.3, -0.25) is 9.59 Å². The Hall–Kier alpha value is -4.57. The van der Waals surface area contributed by atoms with E-state index < -0.39 is 5.97 Å². The molecule has 0 heterocycles. The molecule has 0 saturated heterocycles. The van der Waals surface area contributed by atoms with Crippen LogP contribution in [-0.2, 0) is 4.79 Å². The summed E-state index contributed by atoms with van der Waals surface area (Å²) in [6.45, 7) is 0.307. The molecule has 0 atom stereocenters. The highest BCUT2D eigenvalue weighted by molar-refractivity contribution is 6.33. The first kappa shape index (κ1) is 29.0. The fourth-order valence-corrected chi connectivity index (χ4v) is 3.62.